The summed E-state index contributed by atoms with van der Waals surface area (Å²) >= 11 is 0. The molecule has 7 heteroatoms. The van der Waals surface area contributed by atoms with Crippen molar-refractivity contribution in [3.05, 3.63) is 47.0 Å². The molecular weight excluding hydrogens is 342 g/mol. The summed E-state index contributed by atoms with van der Waals surface area (Å²) in [6.07, 6.45) is 2.62. The molecule has 3 rings (SSSR count). The molecule has 0 unspecified atom stereocenters. The van der Waals surface area contributed by atoms with Gasteiger partial charge in [0.15, 0.2) is 5.82 Å². The molecule has 27 heavy (non-hydrogen) atoms. The van der Waals surface area contributed by atoms with Crippen LogP contribution in [-0.2, 0) is 13.0 Å². The van der Waals surface area contributed by atoms with E-state index in [1.54, 1.807) is 24.3 Å². The van der Waals surface area contributed by atoms with Gasteiger partial charge < -0.3 is 15.2 Å². The highest BCUT2D eigenvalue weighted by Crippen LogP contribution is 2.22. The van der Waals surface area contributed by atoms with Crippen molar-refractivity contribution < 1.29 is 9.59 Å². The van der Waals surface area contributed by atoms with E-state index in [2.05, 4.69) is 21.7 Å². The lowest BCUT2D eigenvalue weighted by Gasteiger charge is -2.17. The fourth-order valence-electron chi connectivity index (χ4n) is 3.15. The van der Waals surface area contributed by atoms with Crippen LogP contribution in [0.4, 0.5) is 5.69 Å². The predicted octanol–water partition coefficient (Wildman–Crippen LogP) is 2.73. The summed E-state index contributed by atoms with van der Waals surface area (Å²) < 4.78 is 1.83. The molecule has 1 aromatic heterocycles. The van der Waals surface area contributed by atoms with E-state index in [4.69, 9.17) is 0 Å². The van der Waals surface area contributed by atoms with Crippen LogP contribution in [0.1, 0.15) is 59.1 Å². The van der Waals surface area contributed by atoms with E-state index in [-0.39, 0.29) is 11.7 Å². The van der Waals surface area contributed by atoms with Gasteiger partial charge in [-0.15, -0.1) is 0 Å². The minimum Gasteiger partial charge on any atom is -0.350 e. The Morgan fingerprint density at radius 3 is 2.78 bits per heavy atom. The molecule has 2 heterocycles. The highest BCUT2D eigenvalue weighted by molar-refractivity contribution is 6.04. The molecule has 1 aliphatic heterocycles. The van der Waals surface area contributed by atoms with Crippen LogP contribution in [0, 0.1) is 17.2 Å². The van der Waals surface area contributed by atoms with E-state index in [9.17, 15) is 14.9 Å². The number of para-hydroxylation sites is 1. The number of benzene rings is 1. The van der Waals surface area contributed by atoms with Crippen LogP contribution in [0.5, 0.6) is 0 Å². The van der Waals surface area contributed by atoms with E-state index in [1.165, 1.54) is 0 Å². The molecule has 0 saturated carbocycles. The number of nitrogens with one attached hydrogen (secondary N) is 2. The first-order valence-electron chi connectivity index (χ1n) is 9.19. The molecular formula is C20H23N5O2. The zero-order chi connectivity index (χ0) is 19.4. The number of aromatic nitrogens is 2. The fourth-order valence-corrected chi connectivity index (χ4v) is 3.15. The van der Waals surface area contributed by atoms with Gasteiger partial charge in [0, 0.05) is 13.1 Å². The summed E-state index contributed by atoms with van der Waals surface area (Å²) in [4.78, 5) is 29.8. The topological polar surface area (TPSA) is 99.8 Å². The molecule has 0 atom stereocenters. The largest absolute Gasteiger partial charge is 0.350 e. The fraction of sp³-hybridized carbons (Fsp3) is 0.400. The molecule has 0 fully saturated rings. The standard InChI is InChI=1S/C20H23N5O2/c1-13(2)12-22-19(26)17-16-9-5-6-10-25(16)18(24-17)20(27)23-15-8-4-3-7-14(15)11-21/h3-4,7-8,13H,5-6,9-10,12H2,1-2H3,(H,22,26)(H,23,27). The first-order valence-corrected chi connectivity index (χ1v) is 9.19. The molecule has 1 aliphatic rings. The Bertz CT molecular complexity index is 908. The van der Waals surface area contributed by atoms with Crippen molar-refractivity contribution >= 4 is 17.5 Å². The molecule has 2 N–H and O–H groups in total. The van der Waals surface area contributed by atoms with Crippen molar-refractivity contribution in [1.29, 1.82) is 5.26 Å². The number of fused-ring (bicyclic) bond motifs is 1. The highest BCUT2D eigenvalue weighted by atomic mass is 16.2. The van der Waals surface area contributed by atoms with Crippen molar-refractivity contribution in [2.45, 2.75) is 39.7 Å². The van der Waals surface area contributed by atoms with Crippen molar-refractivity contribution in [2.75, 3.05) is 11.9 Å². The van der Waals surface area contributed by atoms with Gasteiger partial charge in [-0.2, -0.15) is 5.26 Å². The first-order chi connectivity index (χ1) is 13.0. The van der Waals surface area contributed by atoms with Gasteiger partial charge >= 0.3 is 0 Å². The average molecular weight is 365 g/mol. The molecule has 0 bridgehead atoms. The third-order valence-corrected chi connectivity index (χ3v) is 4.50. The van der Waals surface area contributed by atoms with Gasteiger partial charge in [0.05, 0.1) is 16.9 Å². The van der Waals surface area contributed by atoms with Crippen LogP contribution in [-0.4, -0.2) is 27.9 Å². The van der Waals surface area contributed by atoms with Crippen LogP contribution >= 0.6 is 0 Å². The Morgan fingerprint density at radius 1 is 1.26 bits per heavy atom. The number of amides is 2. The first kappa shape index (κ1) is 18.6. The van der Waals surface area contributed by atoms with Crippen LogP contribution in [0.15, 0.2) is 24.3 Å². The molecule has 2 aromatic rings. The third-order valence-electron chi connectivity index (χ3n) is 4.50. The molecule has 1 aromatic carbocycles. The van der Waals surface area contributed by atoms with Gasteiger partial charge in [0.2, 0.25) is 0 Å². The Balaban J connectivity index is 1.90. The average Bonchev–Trinajstić information content (AvgIpc) is 3.06. The van der Waals surface area contributed by atoms with Crippen LogP contribution < -0.4 is 10.6 Å². The number of carbonyl (C=O) groups is 2. The Labute approximate surface area is 158 Å². The molecule has 7 nitrogen and oxygen atoms in total. The van der Waals surface area contributed by atoms with Gasteiger partial charge in [0.25, 0.3) is 11.8 Å². The lowest BCUT2D eigenvalue weighted by atomic mass is 10.1. The second kappa shape index (κ2) is 8.04. The van der Waals surface area contributed by atoms with Crippen LogP contribution in [0.25, 0.3) is 0 Å². The number of imidazole rings is 1. The maximum atomic E-state index is 12.8. The number of rotatable bonds is 5. The Hall–Kier alpha value is -3.14. The van der Waals surface area contributed by atoms with Crippen molar-refractivity contribution in [3.63, 3.8) is 0 Å². The molecule has 2 amide bonds. The van der Waals surface area contributed by atoms with Crippen LogP contribution in [0.3, 0.4) is 0 Å². The second-order valence-corrected chi connectivity index (χ2v) is 7.05. The van der Waals surface area contributed by atoms with E-state index >= 15 is 0 Å². The lowest BCUT2D eigenvalue weighted by molar-refractivity contribution is 0.0943. The Kier molecular flexibility index (Phi) is 5.55. The predicted molar refractivity (Wildman–Crippen MR) is 101 cm³/mol. The van der Waals surface area contributed by atoms with E-state index < -0.39 is 5.91 Å². The zero-order valence-corrected chi connectivity index (χ0v) is 15.6. The maximum Gasteiger partial charge on any atom is 0.291 e. The van der Waals surface area contributed by atoms with Gasteiger partial charge in [-0.05, 0) is 37.3 Å². The van der Waals surface area contributed by atoms with E-state index in [0.717, 1.165) is 25.0 Å². The van der Waals surface area contributed by atoms with E-state index in [1.807, 2.05) is 18.4 Å². The summed E-state index contributed by atoms with van der Waals surface area (Å²) in [6, 6.07) is 8.86. The van der Waals surface area contributed by atoms with Gasteiger partial charge in [-0.25, -0.2) is 4.98 Å². The molecule has 0 saturated heterocycles. The zero-order valence-electron chi connectivity index (χ0n) is 15.6. The SMILES string of the molecule is CC(C)CNC(=O)c1nc(C(=O)Nc2ccccc2C#N)n2c1CCCC2. The van der Waals surface area contributed by atoms with Gasteiger partial charge in [-0.3, -0.25) is 9.59 Å². The molecule has 140 valence electrons. The number of anilines is 1. The summed E-state index contributed by atoms with van der Waals surface area (Å²) in [5.41, 5.74) is 1.95. The number of carbonyl (C=O) groups excluding carboxylic acids is 2. The maximum absolute atomic E-state index is 12.8. The molecule has 0 radical (unpaired) electrons. The van der Waals surface area contributed by atoms with Crippen molar-refractivity contribution in [2.24, 2.45) is 5.92 Å². The monoisotopic (exact) mass is 365 g/mol. The Morgan fingerprint density at radius 2 is 2.04 bits per heavy atom. The number of hydrogen-bond donors (Lipinski definition) is 2. The third kappa shape index (κ3) is 4.00. The normalized spacial score (nSPS) is 13.0. The summed E-state index contributed by atoms with van der Waals surface area (Å²) in [6.45, 7) is 5.26. The van der Waals surface area contributed by atoms with Gasteiger partial charge in [-0.1, -0.05) is 26.0 Å². The van der Waals surface area contributed by atoms with Crippen LogP contribution in [0.2, 0.25) is 0 Å². The number of nitrogens with zero attached hydrogens (tertiary/aromatic N) is 3. The van der Waals surface area contributed by atoms with E-state index in [0.29, 0.717) is 36.0 Å². The smallest absolute Gasteiger partial charge is 0.291 e. The van der Waals surface area contributed by atoms with Crippen molar-refractivity contribution in [1.82, 2.24) is 14.9 Å². The quantitative estimate of drug-likeness (QED) is 0.851. The molecule has 0 aliphatic carbocycles. The van der Waals surface area contributed by atoms with Crippen molar-refractivity contribution in [3.8, 4) is 6.07 Å². The minimum atomic E-state index is -0.413. The minimum absolute atomic E-state index is 0.215. The summed E-state index contributed by atoms with van der Waals surface area (Å²) in [5, 5.41) is 14.8. The number of hydrogen-bond acceptors (Lipinski definition) is 4. The summed E-state index contributed by atoms with van der Waals surface area (Å²) in [5.74, 6) is -0.112. The highest BCUT2D eigenvalue weighted by Gasteiger charge is 2.27. The second-order valence-electron chi connectivity index (χ2n) is 7.05. The molecule has 0 spiro atoms. The summed E-state index contributed by atoms with van der Waals surface area (Å²) in [7, 11) is 0. The lowest BCUT2D eigenvalue weighted by Crippen LogP contribution is -2.29. The van der Waals surface area contributed by atoms with Gasteiger partial charge in [0.1, 0.15) is 11.8 Å². The number of nitriles is 1.